The Labute approximate surface area is 808 Å². The van der Waals surface area contributed by atoms with Crippen LogP contribution in [0.3, 0.4) is 0 Å². The van der Waals surface area contributed by atoms with Gasteiger partial charge in [0.05, 0.1) is 37.8 Å². The Hall–Kier alpha value is -8.07. The van der Waals surface area contributed by atoms with Crippen molar-refractivity contribution < 1.29 is 181 Å². The van der Waals surface area contributed by atoms with Crippen LogP contribution >= 0.6 is 0 Å². The summed E-state index contributed by atoms with van der Waals surface area (Å²) in [5, 5.41) is 0. The first-order valence-electron chi connectivity index (χ1n) is 50.4. The molecule has 0 aromatic heterocycles. The summed E-state index contributed by atoms with van der Waals surface area (Å²) in [6.07, 6.45) is 22.0. The molecule has 782 valence electrons. The number of carbonyl (C=O) groups is 13. The summed E-state index contributed by atoms with van der Waals surface area (Å²) < 4.78 is 230. The zero-order valence-electron chi connectivity index (χ0n) is 80.5. The SMILES string of the molecule is CC(F)(F)C(=O)OC12CC3CC(C1)C1(OC(CCC(=O)C45CC6CC(C4)C(=O)C(C6)C5)C(COC(=O)C45CC6CC(C4)C(=O)C(C6)C5)O1)C(C3)C2.CC(F)(F)C(=O)OC12CC3CC(C1)C1(OC4COC(=O)C4O1)C(C3)C2.CC(F)(F)C(=O)OC1CCOC1=O.CC(F)(F)C(=O)OC1COC(=O)C1.CC(F)(F)C(=O)OCC1CCCCC1.Cc1ccc(C23CC4CC(CC(COC(=O)C(C)(F)F)(C4)C2)C3)cc1. The van der Waals surface area contributed by atoms with Crippen molar-refractivity contribution in [1.29, 1.82) is 0 Å². The molecule has 27 nitrogen and oxygen atoms in total. The first-order chi connectivity index (χ1) is 65.9. The van der Waals surface area contributed by atoms with Crippen LogP contribution < -0.4 is 0 Å². The van der Waals surface area contributed by atoms with Gasteiger partial charge < -0.3 is 66.3 Å². The Bertz CT molecular complexity index is 4800. The summed E-state index contributed by atoms with van der Waals surface area (Å²) in [4.78, 5) is 154. The maximum Gasteiger partial charge on any atom is 0.377 e. The average molecular weight is 2010 g/mol. The molecule has 0 amide bonds. The van der Waals surface area contributed by atoms with Crippen LogP contribution in [-0.4, -0.2) is 212 Å². The van der Waals surface area contributed by atoms with Crippen molar-refractivity contribution in [1.82, 2.24) is 0 Å². The molecule has 27 rings (SSSR count). The van der Waals surface area contributed by atoms with Crippen molar-refractivity contribution in [2.24, 2.45) is 105 Å². The number of esters is 10. The van der Waals surface area contributed by atoms with Gasteiger partial charge in [0.25, 0.3) is 0 Å². The second-order valence-electron chi connectivity index (χ2n) is 46.4. The quantitative estimate of drug-likeness (QED) is 0.0591. The number of ketones is 3. The van der Waals surface area contributed by atoms with Crippen LogP contribution in [0.4, 0.5) is 52.7 Å². The van der Waals surface area contributed by atoms with E-state index in [0.29, 0.717) is 153 Å². The molecular formula is C102H128F12O27. The van der Waals surface area contributed by atoms with E-state index < -0.39 is 159 Å². The van der Waals surface area contributed by atoms with Crippen molar-refractivity contribution in [3.05, 3.63) is 35.4 Å². The summed E-state index contributed by atoms with van der Waals surface area (Å²) in [6.45, 7) is 5.69. The lowest BCUT2D eigenvalue weighted by atomic mass is 9.43. The molecule has 1 aromatic rings. The average Bonchev–Trinajstić information content (AvgIpc) is 1.59. The monoisotopic (exact) mass is 2010 g/mol. The highest BCUT2D eigenvalue weighted by Gasteiger charge is 2.74. The number of hydrogen-bond acceptors (Lipinski definition) is 27. The van der Waals surface area contributed by atoms with Crippen molar-refractivity contribution in [3.63, 3.8) is 0 Å². The fourth-order valence-electron chi connectivity index (χ4n) is 30.0. The summed E-state index contributed by atoms with van der Waals surface area (Å²) in [7, 11) is 0. The smallest absolute Gasteiger partial charge is 0.377 e. The number of carbonyl (C=O) groups excluding carboxylic acids is 13. The predicted octanol–water partition coefficient (Wildman–Crippen LogP) is 16.5. The van der Waals surface area contributed by atoms with Gasteiger partial charge in [-0.05, 0) is 246 Å². The second kappa shape index (κ2) is 38.3. The van der Waals surface area contributed by atoms with Crippen LogP contribution in [-0.2, 0) is 134 Å². The Morgan fingerprint density at radius 2 is 0.887 bits per heavy atom. The molecule has 16 unspecified atom stereocenters. The number of cyclic esters (lactones) is 3. The van der Waals surface area contributed by atoms with E-state index in [-0.39, 0.29) is 141 Å². The minimum absolute atomic E-state index is 0.00343. The van der Waals surface area contributed by atoms with Crippen molar-refractivity contribution >= 4 is 77.0 Å². The fourth-order valence-corrected chi connectivity index (χ4v) is 30.0. The highest BCUT2D eigenvalue weighted by molar-refractivity contribution is 5.93. The van der Waals surface area contributed by atoms with Gasteiger partial charge in [0.15, 0.2) is 17.7 Å². The van der Waals surface area contributed by atoms with Crippen LogP contribution in [0.15, 0.2) is 24.3 Å². The molecule has 1 aromatic carbocycles. The molecule has 39 heteroatoms. The second-order valence-corrected chi connectivity index (χ2v) is 46.4. The Morgan fingerprint density at radius 3 is 1.36 bits per heavy atom. The number of fused-ring (bicyclic) bond motifs is 1. The third kappa shape index (κ3) is 21.6. The molecule has 21 saturated carbocycles. The molecule has 141 heavy (non-hydrogen) atoms. The van der Waals surface area contributed by atoms with Crippen LogP contribution in [0.5, 0.6) is 0 Å². The van der Waals surface area contributed by atoms with E-state index in [1.165, 1.54) is 36.8 Å². The fraction of sp³-hybridized carbons (Fsp3) is 0.814. The first kappa shape index (κ1) is 104. The number of alkyl halides is 12. The lowest BCUT2D eigenvalue weighted by molar-refractivity contribution is -0.327. The number of Topliss-reactive ketones (excluding diaryl/α,β-unsaturated/α-hetero) is 3. The number of rotatable bonds is 22. The van der Waals surface area contributed by atoms with Gasteiger partial charge in [-0.1, -0.05) is 49.1 Å². The summed E-state index contributed by atoms with van der Waals surface area (Å²) in [6, 6.07) is 8.81. The van der Waals surface area contributed by atoms with E-state index in [4.69, 9.17) is 42.6 Å². The zero-order chi connectivity index (χ0) is 102. The van der Waals surface area contributed by atoms with Gasteiger partial charge in [0.1, 0.15) is 66.7 Å². The van der Waals surface area contributed by atoms with E-state index in [2.05, 4.69) is 54.9 Å². The molecule has 16 atom stereocenters. The van der Waals surface area contributed by atoms with E-state index >= 15 is 0 Å². The van der Waals surface area contributed by atoms with Crippen molar-refractivity contribution in [2.45, 2.75) is 374 Å². The van der Waals surface area contributed by atoms with Gasteiger partial charge in [-0.3, -0.25) is 24.0 Å². The van der Waals surface area contributed by atoms with Gasteiger partial charge >= 0.3 is 95.2 Å². The molecule has 20 bridgehead atoms. The van der Waals surface area contributed by atoms with Gasteiger partial charge in [-0.25, -0.2) is 38.4 Å². The minimum Gasteiger partial charge on any atom is -0.463 e. The molecular weight excluding hydrogens is 1890 g/mol. The summed E-state index contributed by atoms with van der Waals surface area (Å²) in [5.41, 5.74) is -0.264. The number of ether oxygens (including phenoxy) is 14. The van der Waals surface area contributed by atoms with Gasteiger partial charge in [0, 0.05) is 113 Å². The maximum atomic E-state index is 14.1. The molecule has 5 aliphatic heterocycles. The van der Waals surface area contributed by atoms with E-state index in [0.717, 1.165) is 109 Å². The molecule has 0 N–H and O–H groups in total. The van der Waals surface area contributed by atoms with Gasteiger partial charge in [-0.15, -0.1) is 0 Å². The summed E-state index contributed by atoms with van der Waals surface area (Å²) >= 11 is 0. The number of benzene rings is 1. The van der Waals surface area contributed by atoms with E-state index in [9.17, 15) is 115 Å². The third-order valence-electron chi connectivity index (χ3n) is 34.8. The van der Waals surface area contributed by atoms with Crippen LogP contribution in [0.2, 0.25) is 0 Å². The normalized spacial score (nSPS) is 40.0. The van der Waals surface area contributed by atoms with E-state index in [1.807, 2.05) is 0 Å². The van der Waals surface area contributed by atoms with Gasteiger partial charge in [0.2, 0.25) is 6.10 Å². The number of halogens is 12. The summed E-state index contributed by atoms with van der Waals surface area (Å²) in [5.74, 6) is -30.7. The van der Waals surface area contributed by atoms with Crippen molar-refractivity contribution in [2.75, 3.05) is 39.6 Å². The zero-order valence-corrected chi connectivity index (χ0v) is 80.5. The lowest BCUT2D eigenvalue weighted by Crippen LogP contribution is -2.65. The molecule has 5 heterocycles. The van der Waals surface area contributed by atoms with Crippen LogP contribution in [0.1, 0.15) is 277 Å². The largest absolute Gasteiger partial charge is 0.463 e. The van der Waals surface area contributed by atoms with Gasteiger partial charge in [-0.2, -0.15) is 52.7 Å². The molecule has 5 saturated heterocycles. The topological polar surface area (TPSA) is 351 Å². The van der Waals surface area contributed by atoms with E-state index in [1.54, 1.807) is 0 Å². The van der Waals surface area contributed by atoms with Crippen LogP contribution in [0, 0.1) is 112 Å². The maximum absolute atomic E-state index is 14.1. The van der Waals surface area contributed by atoms with Crippen LogP contribution in [0.25, 0.3) is 0 Å². The Morgan fingerprint density at radius 1 is 0.418 bits per heavy atom. The number of hydrogen-bond donors (Lipinski definition) is 0. The molecule has 2 spiro atoms. The lowest BCUT2D eigenvalue weighted by Gasteiger charge is -2.62. The number of aryl methyl sites for hydroxylation is 1. The molecule has 0 radical (unpaired) electrons. The molecule has 26 aliphatic rings. The predicted molar refractivity (Wildman–Crippen MR) is 461 cm³/mol. The minimum atomic E-state index is -3.58. The molecule has 26 fully saturated rings. The first-order valence-corrected chi connectivity index (χ1v) is 50.4. The highest BCUT2D eigenvalue weighted by atomic mass is 19.3. The standard InChI is InChI=1S/C40H50F2O9.C21H26F2O2.C17H20F2O6.C10H16F2O2.2C7H8F2O4/c1-36(41,42)34(46)51-39-12-22-8-27(17-39)40(28(9-22)18-39)49-29(2-3-31(43)37-10-20-4-23(13-37)32(44)24(5-20)14-37)30(50-40)19-48-35(47)38-11-21-6-25(15-38)33(45)26(7-21)16-38;1-14-3-5-17(6-4-14)21-10-15-7-16(11-21)9-20(8-15,12-21)13-25-18(24)19(2,22)23;1-15(18,19)14(21)25-16-4-8-2-9(5-16)17(10(3-8)6-16)23-11-7-22-13(20)12(11)24-17;1-10(11,12)9(13)14-7-8-5-3-2-4-6-8;1-7(8,9)6(11)13-4-2-5(10)12-3-4;1-7(8,9)6(11)13-4-2-3-12-5(4)10/h20-30H,2-19H2,1H3;3-6,15-16H,7-13H2,1-2H3;8-12H,2-7H2,1H3;8H,2-7H2,1H3;2*4H,2-3H2,1H3. The Balaban J connectivity index is 0.000000128. The Kier molecular flexibility index (Phi) is 28.4. The third-order valence-corrected chi connectivity index (χ3v) is 34.8. The molecule has 21 aliphatic carbocycles. The van der Waals surface area contributed by atoms with Crippen molar-refractivity contribution in [3.8, 4) is 0 Å². The highest BCUT2D eigenvalue weighted by Crippen LogP contribution is 2.70.